The van der Waals surface area contributed by atoms with E-state index in [-0.39, 0.29) is 34.8 Å². The molecule has 294 valence electrons. The van der Waals surface area contributed by atoms with E-state index in [1.165, 1.54) is 10.4 Å². The van der Waals surface area contributed by atoms with Crippen LogP contribution in [0.5, 0.6) is 5.75 Å². The Morgan fingerprint density at radius 3 is 1.83 bits per heavy atom. The zero-order valence-electron chi connectivity index (χ0n) is 33.8. The van der Waals surface area contributed by atoms with Gasteiger partial charge in [-0.2, -0.15) is 0 Å². The molecule has 0 unspecified atom stereocenters. The van der Waals surface area contributed by atoms with E-state index in [1.807, 2.05) is 43.3 Å². The van der Waals surface area contributed by atoms with E-state index in [1.54, 1.807) is 7.11 Å². The number of hydrogen-bond donors (Lipinski definition) is 2. The molecule has 0 saturated carbocycles. The third-order valence-electron chi connectivity index (χ3n) is 10.9. The lowest BCUT2D eigenvalue weighted by Gasteiger charge is -2.44. The fraction of sp³-hybridized carbons (Fsp3) is 0.581. The number of aliphatic hydroxyl groups excluding tert-OH is 2. The topological polar surface area (TPSA) is 95.8 Å². The van der Waals surface area contributed by atoms with Crippen LogP contribution in [-0.4, -0.2) is 84.0 Å². The maximum Gasteiger partial charge on any atom is 0.261 e. The minimum atomic E-state index is -2.74. The lowest BCUT2D eigenvalue weighted by atomic mass is 9.98. The van der Waals surface area contributed by atoms with Crippen molar-refractivity contribution in [1.29, 1.82) is 0 Å². The highest BCUT2D eigenvalue weighted by molar-refractivity contribution is 6.99. The van der Waals surface area contributed by atoms with Gasteiger partial charge in [-0.25, -0.2) is 0 Å². The lowest BCUT2D eigenvalue weighted by Crippen LogP contribution is -2.67. The third kappa shape index (κ3) is 12.1. The number of methoxy groups -OCH3 is 1. The fourth-order valence-corrected chi connectivity index (χ4v) is 12.6. The Kier molecular flexibility index (Phi) is 15.5. The molecule has 1 fully saturated rings. The maximum absolute atomic E-state index is 11.3. The summed E-state index contributed by atoms with van der Waals surface area (Å²) >= 11 is 0. The van der Waals surface area contributed by atoms with Crippen LogP contribution in [0.25, 0.3) is 0 Å². The van der Waals surface area contributed by atoms with Crippen molar-refractivity contribution in [3.05, 3.63) is 90.5 Å². The third-order valence-corrected chi connectivity index (χ3v) is 20.4. The Balaban J connectivity index is 1.38. The van der Waals surface area contributed by atoms with Crippen LogP contribution in [0.1, 0.15) is 79.7 Å². The molecule has 53 heavy (non-hydrogen) atoms. The summed E-state index contributed by atoms with van der Waals surface area (Å²) in [5, 5.41) is 24.9. The molecule has 4 rings (SSSR count). The van der Waals surface area contributed by atoms with Crippen molar-refractivity contribution in [2.75, 3.05) is 20.3 Å². The van der Waals surface area contributed by atoms with Gasteiger partial charge in [0.2, 0.25) is 0 Å². The highest BCUT2D eigenvalue weighted by Gasteiger charge is 2.50. The zero-order valence-corrected chi connectivity index (χ0v) is 35.8. The van der Waals surface area contributed by atoms with Gasteiger partial charge in [0, 0.05) is 12.8 Å². The van der Waals surface area contributed by atoms with Gasteiger partial charge >= 0.3 is 0 Å². The van der Waals surface area contributed by atoms with Crippen LogP contribution in [0.15, 0.2) is 84.9 Å². The van der Waals surface area contributed by atoms with Crippen molar-refractivity contribution < 1.29 is 38.0 Å². The van der Waals surface area contributed by atoms with E-state index in [4.69, 9.17) is 27.8 Å². The summed E-state index contributed by atoms with van der Waals surface area (Å²) in [4.78, 5) is 0. The van der Waals surface area contributed by atoms with Crippen molar-refractivity contribution >= 4 is 27.0 Å². The molecular formula is C43H66O8Si2. The van der Waals surface area contributed by atoms with Gasteiger partial charge < -0.3 is 38.0 Å². The molecule has 3 aromatic carbocycles. The van der Waals surface area contributed by atoms with E-state index in [9.17, 15) is 10.2 Å². The van der Waals surface area contributed by atoms with Gasteiger partial charge in [0.15, 0.2) is 14.6 Å². The van der Waals surface area contributed by atoms with Crippen LogP contribution < -0.4 is 15.1 Å². The first-order valence-corrected chi connectivity index (χ1v) is 24.1. The van der Waals surface area contributed by atoms with Gasteiger partial charge in [-0.1, -0.05) is 114 Å². The Bertz CT molecular complexity index is 1450. The summed E-state index contributed by atoms with van der Waals surface area (Å²) in [5.41, 5.74) is 1.01. The first-order chi connectivity index (χ1) is 24.9. The quantitative estimate of drug-likeness (QED) is 0.128. The van der Waals surface area contributed by atoms with Crippen LogP contribution >= 0.6 is 0 Å². The van der Waals surface area contributed by atoms with Gasteiger partial charge in [0.05, 0.1) is 57.5 Å². The van der Waals surface area contributed by atoms with E-state index >= 15 is 0 Å². The first-order valence-electron chi connectivity index (χ1n) is 19.2. The smallest absolute Gasteiger partial charge is 0.261 e. The predicted molar refractivity (Wildman–Crippen MR) is 218 cm³/mol. The average Bonchev–Trinajstić information content (AvgIpc) is 3.09. The molecule has 1 heterocycles. The standard InChI is InChI=1S/C43H66O8Si2/c1-32-50-37(28-39(51-32)31-49-53(43(5,6)7,40-17-13-11-14-18-40)41-19-15-12-16-20-41)26-34(44)25-35(45)27-38(30-48-52(9,10)42(2,3)4)47-29-33-21-23-36(46-8)24-22-33/h11-24,32,34-35,37-39,44-45H,25-31H2,1-10H3/t32-,34+,35-,37-,38+,39-/m1/s1. The van der Waals surface area contributed by atoms with E-state index in [2.05, 4.69) is 103 Å². The van der Waals surface area contributed by atoms with E-state index in [0.717, 1.165) is 11.3 Å². The van der Waals surface area contributed by atoms with Crippen LogP contribution in [0, 0.1) is 0 Å². The second-order valence-corrected chi connectivity index (χ2v) is 26.3. The summed E-state index contributed by atoms with van der Waals surface area (Å²) in [7, 11) is -3.14. The Labute approximate surface area is 321 Å². The molecule has 0 spiro atoms. The lowest BCUT2D eigenvalue weighted by molar-refractivity contribution is -0.243. The van der Waals surface area contributed by atoms with Crippen LogP contribution in [0.3, 0.4) is 0 Å². The minimum Gasteiger partial charge on any atom is -0.497 e. The summed E-state index contributed by atoms with van der Waals surface area (Å²) in [6.45, 7) is 21.0. The monoisotopic (exact) mass is 766 g/mol. The van der Waals surface area contributed by atoms with Crippen molar-refractivity contribution in [3.63, 3.8) is 0 Å². The molecule has 0 radical (unpaired) electrons. The first kappa shape index (κ1) is 43.3. The highest BCUT2D eigenvalue weighted by Crippen LogP contribution is 2.38. The summed E-state index contributed by atoms with van der Waals surface area (Å²) in [6.07, 6.45) is -1.23. The second kappa shape index (κ2) is 19.0. The van der Waals surface area contributed by atoms with Gasteiger partial charge in [-0.05, 0) is 71.0 Å². The fourth-order valence-electron chi connectivity index (χ4n) is 6.97. The highest BCUT2D eigenvalue weighted by atomic mass is 28.4. The van der Waals surface area contributed by atoms with Crippen molar-refractivity contribution in [2.24, 2.45) is 0 Å². The predicted octanol–water partition coefficient (Wildman–Crippen LogP) is 7.59. The number of benzene rings is 3. The van der Waals surface area contributed by atoms with Crippen LogP contribution in [-0.2, 0) is 29.7 Å². The van der Waals surface area contributed by atoms with Crippen LogP contribution in [0.2, 0.25) is 23.2 Å². The van der Waals surface area contributed by atoms with Gasteiger partial charge in [-0.3, -0.25) is 0 Å². The summed E-state index contributed by atoms with van der Waals surface area (Å²) < 4.78 is 37.8. The second-order valence-electron chi connectivity index (χ2n) is 17.2. The number of hydrogen-bond acceptors (Lipinski definition) is 8. The van der Waals surface area contributed by atoms with Crippen molar-refractivity contribution in [1.82, 2.24) is 0 Å². The average molecular weight is 767 g/mol. The maximum atomic E-state index is 11.3. The normalized spacial score (nSPS) is 20.5. The molecule has 0 amide bonds. The molecule has 2 N–H and O–H groups in total. The van der Waals surface area contributed by atoms with E-state index in [0.29, 0.717) is 39.1 Å². The van der Waals surface area contributed by atoms with Gasteiger partial charge in [0.1, 0.15) is 5.75 Å². The molecular weight excluding hydrogens is 701 g/mol. The van der Waals surface area contributed by atoms with E-state index < -0.39 is 35.1 Å². The Morgan fingerprint density at radius 1 is 0.736 bits per heavy atom. The van der Waals surface area contributed by atoms with Crippen LogP contribution in [0.4, 0.5) is 0 Å². The largest absolute Gasteiger partial charge is 0.497 e. The Hall–Kier alpha value is -2.39. The Morgan fingerprint density at radius 2 is 1.30 bits per heavy atom. The molecule has 8 nitrogen and oxygen atoms in total. The number of aliphatic hydroxyl groups is 2. The molecule has 1 aliphatic heterocycles. The number of ether oxygens (including phenoxy) is 4. The molecule has 0 aromatic heterocycles. The molecule has 1 aliphatic rings. The molecule has 3 aromatic rings. The van der Waals surface area contributed by atoms with Gasteiger partial charge in [-0.15, -0.1) is 0 Å². The molecule has 1 saturated heterocycles. The SMILES string of the molecule is COc1ccc(CO[C@H](CO[Si](C)(C)C(C)(C)C)C[C@H](O)C[C@H](O)C[C@@H]2C[C@H](CO[Si](c3ccccc3)(c3ccccc3)C(C)(C)C)O[C@H](C)O2)cc1. The van der Waals surface area contributed by atoms with Gasteiger partial charge in [0.25, 0.3) is 8.32 Å². The summed E-state index contributed by atoms with van der Waals surface area (Å²) in [6, 6.07) is 29.0. The molecule has 0 bridgehead atoms. The van der Waals surface area contributed by atoms with Crippen molar-refractivity contribution in [2.45, 2.75) is 141 Å². The number of rotatable bonds is 18. The minimum absolute atomic E-state index is 0.0472. The molecule has 6 atom stereocenters. The van der Waals surface area contributed by atoms with Crippen molar-refractivity contribution in [3.8, 4) is 5.75 Å². The molecule has 10 heteroatoms. The zero-order chi connectivity index (χ0) is 38.9. The molecule has 0 aliphatic carbocycles. The summed E-state index contributed by atoms with van der Waals surface area (Å²) in [5.74, 6) is 0.789.